The summed E-state index contributed by atoms with van der Waals surface area (Å²) in [6.07, 6.45) is 0.204. The van der Waals surface area contributed by atoms with Crippen molar-refractivity contribution >= 4 is 15.9 Å². The van der Waals surface area contributed by atoms with Crippen molar-refractivity contribution in [2.75, 3.05) is 19.7 Å². The molecule has 0 aliphatic carbocycles. The lowest BCUT2D eigenvalue weighted by molar-refractivity contribution is 0.0273. The smallest absolute Gasteiger partial charge is 0.0952 e. The maximum Gasteiger partial charge on any atom is 0.0952 e. The minimum absolute atomic E-state index is 0.204. The highest BCUT2D eigenvalue weighted by atomic mass is 79.9. The zero-order valence-corrected chi connectivity index (χ0v) is 10.7. The molecule has 1 atom stereocenters. The highest BCUT2D eigenvalue weighted by molar-refractivity contribution is 9.10. The molecule has 0 spiro atoms. The van der Waals surface area contributed by atoms with Crippen molar-refractivity contribution in [3.05, 3.63) is 33.3 Å². The molecule has 1 aliphatic rings. The van der Waals surface area contributed by atoms with Crippen LogP contribution in [-0.4, -0.2) is 19.7 Å². The van der Waals surface area contributed by atoms with Crippen LogP contribution in [0.25, 0.3) is 0 Å². The van der Waals surface area contributed by atoms with Crippen LogP contribution in [0.5, 0.6) is 0 Å². The number of aryl methyl sites for hydroxylation is 2. The third-order valence-electron chi connectivity index (χ3n) is 2.82. The van der Waals surface area contributed by atoms with Gasteiger partial charge in [0.15, 0.2) is 0 Å². The molecule has 2 rings (SSSR count). The number of morpholine rings is 1. The number of nitrogens with one attached hydrogen (secondary N) is 1. The molecule has 1 saturated heterocycles. The molecule has 1 aromatic rings. The summed E-state index contributed by atoms with van der Waals surface area (Å²) < 4.78 is 6.92. The van der Waals surface area contributed by atoms with Crippen LogP contribution in [0.15, 0.2) is 16.6 Å². The Hall–Kier alpha value is -0.380. The molecule has 0 aromatic heterocycles. The topological polar surface area (TPSA) is 21.3 Å². The predicted octanol–water partition coefficient (Wildman–Crippen LogP) is 2.73. The van der Waals surface area contributed by atoms with Gasteiger partial charge in [0.05, 0.1) is 12.7 Å². The number of ether oxygens (including phenoxy) is 1. The van der Waals surface area contributed by atoms with Gasteiger partial charge in [-0.2, -0.15) is 0 Å². The molecule has 3 heteroatoms. The summed E-state index contributed by atoms with van der Waals surface area (Å²) in [5.41, 5.74) is 3.88. The molecule has 1 fully saturated rings. The maximum atomic E-state index is 5.76. The number of benzene rings is 1. The quantitative estimate of drug-likeness (QED) is 0.847. The van der Waals surface area contributed by atoms with Gasteiger partial charge in [-0.1, -0.05) is 22.0 Å². The van der Waals surface area contributed by atoms with Gasteiger partial charge >= 0.3 is 0 Å². The van der Waals surface area contributed by atoms with E-state index in [0.717, 1.165) is 24.2 Å². The lowest BCUT2D eigenvalue weighted by atomic mass is 10.0. The Balaban J connectivity index is 2.30. The van der Waals surface area contributed by atoms with Gasteiger partial charge in [0.25, 0.3) is 0 Å². The van der Waals surface area contributed by atoms with E-state index in [4.69, 9.17) is 4.74 Å². The van der Waals surface area contributed by atoms with Gasteiger partial charge in [-0.3, -0.25) is 0 Å². The van der Waals surface area contributed by atoms with Crippen molar-refractivity contribution in [2.24, 2.45) is 0 Å². The molecule has 0 radical (unpaired) electrons. The van der Waals surface area contributed by atoms with Gasteiger partial charge < -0.3 is 10.1 Å². The van der Waals surface area contributed by atoms with Crippen LogP contribution < -0.4 is 5.32 Å². The summed E-state index contributed by atoms with van der Waals surface area (Å²) in [6.45, 7) is 6.93. The first-order valence-electron chi connectivity index (χ1n) is 5.27. The molecule has 15 heavy (non-hydrogen) atoms. The molecule has 1 N–H and O–H groups in total. The van der Waals surface area contributed by atoms with Crippen molar-refractivity contribution in [3.8, 4) is 0 Å². The van der Waals surface area contributed by atoms with Crippen molar-refractivity contribution in [1.29, 1.82) is 0 Å². The van der Waals surface area contributed by atoms with Crippen molar-refractivity contribution in [1.82, 2.24) is 5.32 Å². The Morgan fingerprint density at radius 2 is 2.13 bits per heavy atom. The van der Waals surface area contributed by atoms with E-state index < -0.39 is 0 Å². The van der Waals surface area contributed by atoms with Crippen LogP contribution in [0.3, 0.4) is 0 Å². The molecule has 2 nitrogen and oxygen atoms in total. The van der Waals surface area contributed by atoms with Gasteiger partial charge in [0.1, 0.15) is 0 Å². The maximum absolute atomic E-state index is 5.76. The molecule has 0 saturated carbocycles. The van der Waals surface area contributed by atoms with E-state index in [1.54, 1.807) is 0 Å². The second-order valence-corrected chi connectivity index (χ2v) is 4.88. The summed E-state index contributed by atoms with van der Waals surface area (Å²) in [7, 11) is 0. The zero-order valence-electron chi connectivity index (χ0n) is 9.14. The van der Waals surface area contributed by atoms with Gasteiger partial charge in [0, 0.05) is 17.6 Å². The molecular weight excluding hydrogens is 254 g/mol. The third kappa shape index (κ3) is 2.41. The lowest BCUT2D eigenvalue weighted by Crippen LogP contribution is -2.33. The van der Waals surface area contributed by atoms with E-state index in [1.165, 1.54) is 16.7 Å². The zero-order chi connectivity index (χ0) is 10.8. The molecule has 0 amide bonds. The molecule has 0 bridgehead atoms. The number of halogens is 1. The van der Waals surface area contributed by atoms with E-state index in [9.17, 15) is 0 Å². The van der Waals surface area contributed by atoms with Crippen LogP contribution in [0.2, 0.25) is 0 Å². The molecule has 1 heterocycles. The third-order valence-corrected chi connectivity index (χ3v) is 3.68. The second kappa shape index (κ2) is 4.64. The van der Waals surface area contributed by atoms with Gasteiger partial charge in [0.2, 0.25) is 0 Å². The van der Waals surface area contributed by atoms with Crippen LogP contribution in [0, 0.1) is 13.8 Å². The molecular formula is C12H16BrNO. The summed E-state index contributed by atoms with van der Waals surface area (Å²) in [4.78, 5) is 0. The second-order valence-electron chi connectivity index (χ2n) is 4.02. The Bertz CT molecular complexity index is 359. The van der Waals surface area contributed by atoms with Crippen molar-refractivity contribution < 1.29 is 4.74 Å². The SMILES string of the molecule is Cc1cc(C)c(C2CNCCO2)cc1Br. The van der Waals surface area contributed by atoms with Crippen molar-refractivity contribution in [3.63, 3.8) is 0 Å². The van der Waals surface area contributed by atoms with Gasteiger partial charge in [-0.05, 0) is 36.6 Å². The lowest BCUT2D eigenvalue weighted by Gasteiger charge is -2.25. The van der Waals surface area contributed by atoms with Crippen LogP contribution in [0.1, 0.15) is 22.8 Å². The van der Waals surface area contributed by atoms with E-state index in [0.29, 0.717) is 0 Å². The molecule has 82 valence electrons. The first-order chi connectivity index (χ1) is 7.18. The Labute approximate surface area is 99.1 Å². The minimum Gasteiger partial charge on any atom is -0.371 e. The fourth-order valence-electron chi connectivity index (χ4n) is 1.95. The monoisotopic (exact) mass is 269 g/mol. The first-order valence-corrected chi connectivity index (χ1v) is 6.07. The Kier molecular flexibility index (Phi) is 3.44. The van der Waals surface area contributed by atoms with E-state index >= 15 is 0 Å². The summed E-state index contributed by atoms with van der Waals surface area (Å²) in [5.74, 6) is 0. The van der Waals surface area contributed by atoms with Crippen LogP contribution in [0.4, 0.5) is 0 Å². The number of hydrogen-bond acceptors (Lipinski definition) is 2. The van der Waals surface area contributed by atoms with E-state index in [1.807, 2.05) is 0 Å². The fourth-order valence-corrected chi connectivity index (χ4v) is 2.31. The fraction of sp³-hybridized carbons (Fsp3) is 0.500. The highest BCUT2D eigenvalue weighted by Crippen LogP contribution is 2.28. The van der Waals surface area contributed by atoms with Gasteiger partial charge in [-0.25, -0.2) is 0 Å². The highest BCUT2D eigenvalue weighted by Gasteiger charge is 2.18. The average molecular weight is 270 g/mol. The average Bonchev–Trinajstić information content (AvgIpc) is 2.25. The normalized spacial score (nSPS) is 21.7. The number of rotatable bonds is 1. The first kappa shape index (κ1) is 11.1. The Morgan fingerprint density at radius 3 is 2.80 bits per heavy atom. The minimum atomic E-state index is 0.204. The molecule has 1 unspecified atom stereocenters. The van der Waals surface area contributed by atoms with E-state index in [2.05, 4.69) is 47.2 Å². The number of hydrogen-bond donors (Lipinski definition) is 1. The summed E-state index contributed by atoms with van der Waals surface area (Å²) in [6, 6.07) is 4.39. The molecule has 1 aliphatic heterocycles. The summed E-state index contributed by atoms with van der Waals surface area (Å²) in [5, 5.41) is 3.35. The largest absolute Gasteiger partial charge is 0.371 e. The Morgan fingerprint density at radius 1 is 1.33 bits per heavy atom. The van der Waals surface area contributed by atoms with E-state index in [-0.39, 0.29) is 6.10 Å². The van der Waals surface area contributed by atoms with Crippen LogP contribution in [-0.2, 0) is 4.74 Å². The standard InChI is InChI=1S/C12H16BrNO/c1-8-5-9(2)11(13)6-10(8)12-7-14-3-4-15-12/h5-6,12,14H,3-4,7H2,1-2H3. The van der Waals surface area contributed by atoms with Gasteiger partial charge in [-0.15, -0.1) is 0 Å². The van der Waals surface area contributed by atoms with Crippen molar-refractivity contribution in [2.45, 2.75) is 20.0 Å². The molecule has 1 aromatic carbocycles. The van der Waals surface area contributed by atoms with Crippen LogP contribution >= 0.6 is 15.9 Å². The predicted molar refractivity (Wildman–Crippen MR) is 65.2 cm³/mol. The summed E-state index contributed by atoms with van der Waals surface area (Å²) >= 11 is 3.57.